The van der Waals surface area contributed by atoms with E-state index in [-0.39, 0.29) is 11.9 Å². The maximum atomic E-state index is 12.1. The molecule has 2 N–H and O–H groups in total. The summed E-state index contributed by atoms with van der Waals surface area (Å²) in [5, 5.41) is 21.3. The van der Waals surface area contributed by atoms with Crippen molar-refractivity contribution in [3.8, 4) is 11.8 Å². The maximum Gasteiger partial charge on any atom is 0.312 e. The van der Waals surface area contributed by atoms with Gasteiger partial charge in [-0.1, -0.05) is 37.0 Å². The highest BCUT2D eigenvalue weighted by atomic mass is 16.5. The summed E-state index contributed by atoms with van der Waals surface area (Å²) < 4.78 is 5.49. The second kappa shape index (κ2) is 7.35. The smallest absolute Gasteiger partial charge is 0.312 e. The van der Waals surface area contributed by atoms with E-state index in [1.54, 1.807) is 33.8 Å². The van der Waals surface area contributed by atoms with Crippen molar-refractivity contribution in [3.63, 3.8) is 0 Å². The lowest BCUT2D eigenvalue weighted by Crippen LogP contribution is -2.47. The van der Waals surface area contributed by atoms with Gasteiger partial charge in [0, 0.05) is 11.3 Å². The fourth-order valence-corrected chi connectivity index (χ4v) is 2.74. The van der Waals surface area contributed by atoms with Gasteiger partial charge in [-0.2, -0.15) is 0 Å². The molecule has 25 heavy (non-hydrogen) atoms. The van der Waals surface area contributed by atoms with E-state index in [9.17, 15) is 15.0 Å². The van der Waals surface area contributed by atoms with Crippen molar-refractivity contribution in [2.45, 2.75) is 72.2 Å². The molecule has 1 fully saturated rings. The van der Waals surface area contributed by atoms with Crippen LogP contribution in [0.1, 0.15) is 54.4 Å². The molecular weight excluding hydrogens is 316 g/mol. The molecule has 0 aromatic heterocycles. The molecule has 0 aromatic carbocycles. The van der Waals surface area contributed by atoms with Crippen LogP contribution in [0.3, 0.4) is 0 Å². The van der Waals surface area contributed by atoms with E-state index in [4.69, 9.17) is 4.74 Å². The van der Waals surface area contributed by atoms with Crippen LogP contribution < -0.4 is 0 Å². The van der Waals surface area contributed by atoms with Crippen LogP contribution in [0.4, 0.5) is 0 Å². The van der Waals surface area contributed by atoms with Crippen LogP contribution in [0.25, 0.3) is 0 Å². The van der Waals surface area contributed by atoms with Gasteiger partial charge in [-0.25, -0.2) is 0 Å². The topological polar surface area (TPSA) is 66.8 Å². The zero-order valence-corrected chi connectivity index (χ0v) is 16.3. The summed E-state index contributed by atoms with van der Waals surface area (Å²) in [4.78, 5) is 12.1. The van der Waals surface area contributed by atoms with Gasteiger partial charge in [0.15, 0.2) is 6.10 Å². The second-order valence-corrected chi connectivity index (χ2v) is 8.37. The molecule has 0 amide bonds. The summed E-state index contributed by atoms with van der Waals surface area (Å²) in [5.74, 6) is 4.92. The predicted molar refractivity (Wildman–Crippen MR) is 99.6 cm³/mol. The van der Waals surface area contributed by atoms with Gasteiger partial charge in [0.1, 0.15) is 11.7 Å². The molecule has 140 valence electrons. The van der Waals surface area contributed by atoms with E-state index in [1.807, 2.05) is 13.8 Å². The van der Waals surface area contributed by atoms with E-state index >= 15 is 0 Å². The number of aliphatic hydroxyl groups is 2. The van der Waals surface area contributed by atoms with Crippen molar-refractivity contribution in [1.29, 1.82) is 0 Å². The van der Waals surface area contributed by atoms with E-state index in [2.05, 4.69) is 25.0 Å². The molecule has 0 aliphatic heterocycles. The Morgan fingerprint density at radius 2 is 1.80 bits per heavy atom. The van der Waals surface area contributed by atoms with Crippen molar-refractivity contribution >= 4 is 5.97 Å². The van der Waals surface area contributed by atoms with Gasteiger partial charge >= 0.3 is 5.97 Å². The summed E-state index contributed by atoms with van der Waals surface area (Å²) in [7, 11) is 0. The first-order valence-corrected chi connectivity index (χ1v) is 8.70. The lowest BCUT2D eigenvalue weighted by atomic mass is 9.77. The van der Waals surface area contributed by atoms with Gasteiger partial charge < -0.3 is 14.9 Å². The highest BCUT2D eigenvalue weighted by Crippen LogP contribution is 2.59. The van der Waals surface area contributed by atoms with Crippen molar-refractivity contribution in [2.75, 3.05) is 0 Å². The molecule has 4 atom stereocenters. The Bertz CT molecular complexity index is 594. The molecule has 1 aliphatic rings. The highest BCUT2D eigenvalue weighted by Gasteiger charge is 2.59. The highest BCUT2D eigenvalue weighted by molar-refractivity contribution is 5.75. The first kappa shape index (κ1) is 21.5. The Hall–Kier alpha value is -1.57. The first-order chi connectivity index (χ1) is 11.3. The van der Waals surface area contributed by atoms with Crippen LogP contribution in [0, 0.1) is 28.6 Å². The van der Waals surface area contributed by atoms with Crippen LogP contribution in [0.5, 0.6) is 0 Å². The molecule has 0 spiro atoms. The van der Waals surface area contributed by atoms with Gasteiger partial charge in [-0.15, -0.1) is 6.58 Å². The van der Waals surface area contributed by atoms with Crippen LogP contribution in [-0.4, -0.2) is 34.0 Å². The quantitative estimate of drug-likeness (QED) is 0.439. The predicted octanol–water partition coefficient (Wildman–Crippen LogP) is 3.24. The van der Waals surface area contributed by atoms with Gasteiger partial charge in [0.2, 0.25) is 0 Å². The molecule has 0 aromatic rings. The largest absolute Gasteiger partial charge is 0.448 e. The molecule has 1 rings (SSSR count). The van der Waals surface area contributed by atoms with E-state index in [0.29, 0.717) is 0 Å². The molecule has 1 saturated carbocycles. The Morgan fingerprint density at radius 3 is 2.16 bits per heavy atom. The number of aliphatic hydroxyl groups excluding tert-OH is 1. The average Bonchev–Trinajstić information content (AvgIpc) is 3.31. The van der Waals surface area contributed by atoms with Crippen molar-refractivity contribution in [2.24, 2.45) is 16.7 Å². The second-order valence-electron chi connectivity index (χ2n) is 8.37. The molecular formula is C21H32O4. The summed E-state index contributed by atoms with van der Waals surface area (Å²) >= 11 is 0. The minimum atomic E-state index is -1.40. The minimum absolute atomic E-state index is 0.202. The maximum absolute atomic E-state index is 12.1. The number of hydrogen-bond acceptors (Lipinski definition) is 4. The lowest BCUT2D eigenvalue weighted by Gasteiger charge is -2.35. The standard InChI is InChI=1S/C21H32O4/c1-9-15(4)16(25-18(23)19(5,6)7)10-11-17(22)20(8,24)21(12-13-21)14(2)3/h9,15-17,22,24H,1-2,12-13H2,3-8H3/t15-,16+,17-,20-/m0/s1. The Kier molecular flexibility index (Phi) is 6.32. The SMILES string of the molecule is C=C[C@H](C)[C@@H](C#C[C@H](O)[C@](C)(O)C1(C(=C)C)CC1)OC(=O)C(C)(C)C. The van der Waals surface area contributed by atoms with Crippen LogP contribution >= 0.6 is 0 Å². The summed E-state index contributed by atoms with van der Waals surface area (Å²) in [6.45, 7) is 18.2. The average molecular weight is 348 g/mol. The normalized spacial score (nSPS) is 21.6. The van der Waals surface area contributed by atoms with Gasteiger partial charge in [-0.3, -0.25) is 4.79 Å². The first-order valence-electron chi connectivity index (χ1n) is 8.70. The molecule has 0 radical (unpaired) electrons. The molecule has 0 bridgehead atoms. The Balaban J connectivity index is 3.00. The number of carbonyl (C=O) groups is 1. The van der Waals surface area contributed by atoms with E-state index in [0.717, 1.165) is 18.4 Å². The summed E-state index contributed by atoms with van der Waals surface area (Å²) in [6.07, 6.45) is 1.21. The van der Waals surface area contributed by atoms with Gasteiger partial charge in [0.05, 0.1) is 5.41 Å². The number of hydrogen-bond donors (Lipinski definition) is 2. The zero-order chi connectivity index (χ0) is 19.6. The van der Waals surface area contributed by atoms with Crippen LogP contribution in [-0.2, 0) is 9.53 Å². The van der Waals surface area contributed by atoms with Crippen LogP contribution in [0.2, 0.25) is 0 Å². The van der Waals surface area contributed by atoms with Crippen molar-refractivity contribution in [3.05, 3.63) is 24.8 Å². The van der Waals surface area contributed by atoms with Crippen LogP contribution in [0.15, 0.2) is 24.8 Å². The lowest BCUT2D eigenvalue weighted by molar-refractivity contribution is -0.157. The Labute approximate surface area is 152 Å². The molecule has 0 heterocycles. The number of carbonyl (C=O) groups excluding carboxylic acids is 1. The molecule has 4 nitrogen and oxygen atoms in total. The summed E-state index contributed by atoms with van der Waals surface area (Å²) in [6, 6.07) is 0. The molecule has 4 heteroatoms. The third kappa shape index (κ3) is 4.54. The van der Waals surface area contributed by atoms with Crippen molar-refractivity contribution < 1.29 is 19.7 Å². The fourth-order valence-electron chi connectivity index (χ4n) is 2.74. The summed E-state index contributed by atoms with van der Waals surface area (Å²) in [5.41, 5.74) is -1.71. The third-order valence-electron chi connectivity index (χ3n) is 5.13. The Morgan fingerprint density at radius 1 is 1.28 bits per heavy atom. The molecule has 0 saturated heterocycles. The number of ether oxygens (including phenoxy) is 1. The van der Waals surface area contributed by atoms with E-state index < -0.39 is 28.6 Å². The fraction of sp³-hybridized carbons (Fsp3) is 0.667. The minimum Gasteiger partial charge on any atom is -0.448 e. The zero-order valence-electron chi connectivity index (χ0n) is 16.3. The molecule has 0 unspecified atom stereocenters. The van der Waals surface area contributed by atoms with Gasteiger partial charge in [0.25, 0.3) is 0 Å². The third-order valence-corrected chi connectivity index (χ3v) is 5.13. The monoisotopic (exact) mass is 348 g/mol. The van der Waals surface area contributed by atoms with Crippen molar-refractivity contribution in [1.82, 2.24) is 0 Å². The number of rotatable bonds is 6. The molecule has 1 aliphatic carbocycles. The number of esters is 1. The van der Waals surface area contributed by atoms with Gasteiger partial charge in [-0.05, 0) is 47.5 Å². The van der Waals surface area contributed by atoms with E-state index in [1.165, 1.54) is 0 Å².